The van der Waals surface area contributed by atoms with E-state index in [1.807, 2.05) is 26.0 Å². The van der Waals surface area contributed by atoms with Gasteiger partial charge in [-0.05, 0) is 45.7 Å². The first kappa shape index (κ1) is 20.8. The summed E-state index contributed by atoms with van der Waals surface area (Å²) in [6, 6.07) is 8.23. The first-order chi connectivity index (χ1) is 14.5. The summed E-state index contributed by atoms with van der Waals surface area (Å²) >= 11 is 1.76. The second-order valence-electron chi connectivity index (χ2n) is 8.01. The molecule has 0 saturated carbocycles. The van der Waals surface area contributed by atoms with Gasteiger partial charge in [0.05, 0.1) is 47.0 Å². The Labute approximate surface area is 180 Å². The van der Waals surface area contributed by atoms with E-state index in [4.69, 9.17) is 9.72 Å². The van der Waals surface area contributed by atoms with Crippen LogP contribution in [-0.4, -0.2) is 48.0 Å². The van der Waals surface area contributed by atoms with Gasteiger partial charge in [0, 0.05) is 11.4 Å². The number of nitrogens with zero attached hydrogens (tertiary/aromatic N) is 1. The van der Waals surface area contributed by atoms with Crippen molar-refractivity contribution >= 4 is 33.3 Å². The van der Waals surface area contributed by atoms with Crippen molar-refractivity contribution in [1.29, 1.82) is 0 Å². The van der Waals surface area contributed by atoms with Crippen LogP contribution in [0.5, 0.6) is 0 Å². The fourth-order valence-corrected chi connectivity index (χ4v) is 5.59. The Kier molecular flexibility index (Phi) is 6.01. The molecule has 0 aliphatic carbocycles. The first-order valence-electron chi connectivity index (χ1n) is 10.6. The van der Waals surface area contributed by atoms with Crippen molar-refractivity contribution < 1.29 is 19.2 Å². The molecule has 0 radical (unpaired) electrons. The normalized spacial score (nSPS) is 19.2. The van der Waals surface area contributed by atoms with E-state index in [2.05, 4.69) is 17.1 Å². The van der Waals surface area contributed by atoms with Gasteiger partial charge in [-0.3, -0.25) is 4.79 Å². The minimum absolute atomic E-state index is 0.000136. The van der Waals surface area contributed by atoms with Gasteiger partial charge in [0.2, 0.25) is 5.78 Å². The molecule has 3 heterocycles. The monoisotopic (exact) mass is 426 g/mol. The lowest BCUT2D eigenvalue weighted by atomic mass is 9.97. The number of hydrogen-bond acceptors (Lipinski definition) is 5. The van der Waals surface area contributed by atoms with Crippen LogP contribution in [0.4, 0.5) is 0 Å². The van der Waals surface area contributed by atoms with Crippen LogP contribution in [0.25, 0.3) is 10.2 Å². The van der Waals surface area contributed by atoms with E-state index in [1.54, 1.807) is 18.3 Å². The Balaban J connectivity index is 1.50. The SMILES string of the molecule is CCOC(=O)c1c(C)[nH]c(C)c1C(=O)C[NH+]1CCC[C@@H](c2nc3ccccc3s2)C1. The molecule has 0 spiro atoms. The molecular weight excluding hydrogens is 398 g/mol. The number of para-hydroxylation sites is 1. The van der Waals surface area contributed by atoms with Crippen molar-refractivity contribution in [1.82, 2.24) is 9.97 Å². The number of hydrogen-bond donors (Lipinski definition) is 2. The Morgan fingerprint density at radius 3 is 2.77 bits per heavy atom. The van der Waals surface area contributed by atoms with E-state index in [0.717, 1.165) is 37.1 Å². The Morgan fingerprint density at radius 2 is 2.00 bits per heavy atom. The molecule has 2 N–H and O–H groups in total. The summed E-state index contributed by atoms with van der Waals surface area (Å²) in [5, 5.41) is 1.17. The maximum Gasteiger partial charge on any atom is 0.340 e. The van der Waals surface area contributed by atoms with Crippen LogP contribution in [0.2, 0.25) is 0 Å². The molecule has 2 aromatic heterocycles. The second kappa shape index (κ2) is 8.70. The average Bonchev–Trinajstić information content (AvgIpc) is 3.28. The quantitative estimate of drug-likeness (QED) is 0.469. The zero-order valence-corrected chi connectivity index (χ0v) is 18.5. The van der Waals surface area contributed by atoms with Crippen LogP contribution < -0.4 is 4.90 Å². The number of rotatable bonds is 6. The van der Waals surface area contributed by atoms with Crippen molar-refractivity contribution in [3.05, 3.63) is 51.8 Å². The standard InChI is InChI=1S/C23H27N3O3S/c1-4-29-23(28)21-15(3)24-14(2)20(21)18(27)13-26-11-7-8-16(12-26)22-25-17-9-5-6-10-19(17)30-22/h5-6,9-10,16,24H,4,7-8,11-13H2,1-3H3/p+1/t16-/m1/s1. The van der Waals surface area contributed by atoms with Gasteiger partial charge in [0.15, 0.2) is 0 Å². The number of likely N-dealkylation sites (tertiary alicyclic amines) is 1. The highest BCUT2D eigenvalue weighted by Gasteiger charge is 2.31. The molecule has 3 aromatic rings. The number of ketones is 1. The van der Waals surface area contributed by atoms with Gasteiger partial charge in [-0.15, -0.1) is 11.3 Å². The van der Waals surface area contributed by atoms with E-state index in [-0.39, 0.29) is 12.4 Å². The number of nitrogens with one attached hydrogen (secondary N) is 2. The molecule has 158 valence electrons. The molecule has 1 aromatic carbocycles. The predicted octanol–water partition coefficient (Wildman–Crippen LogP) is 3.06. The summed E-state index contributed by atoms with van der Waals surface area (Å²) in [4.78, 5) is 34.8. The minimum atomic E-state index is -0.427. The highest BCUT2D eigenvalue weighted by molar-refractivity contribution is 7.18. The number of aromatic amines is 1. The molecule has 4 rings (SSSR count). The third-order valence-corrected chi connectivity index (χ3v) is 7.02. The molecule has 1 aliphatic heterocycles. The number of H-pyrrole nitrogens is 1. The summed E-state index contributed by atoms with van der Waals surface area (Å²) in [5.41, 5.74) is 3.35. The highest BCUT2D eigenvalue weighted by atomic mass is 32.1. The largest absolute Gasteiger partial charge is 0.462 e. The molecule has 1 saturated heterocycles. The van der Waals surface area contributed by atoms with Gasteiger partial charge < -0.3 is 14.6 Å². The third kappa shape index (κ3) is 4.04. The average molecular weight is 427 g/mol. The zero-order chi connectivity index (χ0) is 21.3. The first-order valence-corrected chi connectivity index (χ1v) is 11.4. The number of Topliss-reactive ketones (excluding diaryl/α,β-unsaturated/α-hetero) is 1. The number of thiazole rings is 1. The maximum atomic E-state index is 13.2. The number of benzene rings is 1. The molecular formula is C23H28N3O3S+. The summed E-state index contributed by atoms with van der Waals surface area (Å²) in [6.07, 6.45) is 2.17. The highest BCUT2D eigenvalue weighted by Crippen LogP contribution is 2.30. The van der Waals surface area contributed by atoms with Crippen LogP contribution in [0.15, 0.2) is 24.3 Å². The summed E-state index contributed by atoms with van der Waals surface area (Å²) in [6.45, 7) is 7.95. The van der Waals surface area contributed by atoms with Crippen molar-refractivity contribution in [2.75, 3.05) is 26.2 Å². The Bertz CT molecular complexity index is 1050. The Hall–Kier alpha value is -2.51. The number of carbonyl (C=O) groups excluding carboxylic acids is 2. The number of esters is 1. The molecule has 1 fully saturated rings. The molecule has 2 atom stereocenters. The summed E-state index contributed by atoms with van der Waals surface area (Å²) in [7, 11) is 0. The smallest absolute Gasteiger partial charge is 0.340 e. The van der Waals surface area contributed by atoms with Crippen molar-refractivity contribution in [2.24, 2.45) is 0 Å². The third-order valence-electron chi connectivity index (χ3n) is 5.82. The maximum absolute atomic E-state index is 13.2. The fraction of sp³-hybridized carbons (Fsp3) is 0.435. The van der Waals surface area contributed by atoms with Crippen LogP contribution in [0.3, 0.4) is 0 Å². The molecule has 7 heteroatoms. The van der Waals surface area contributed by atoms with Crippen LogP contribution in [0, 0.1) is 13.8 Å². The molecule has 1 aliphatic rings. The van der Waals surface area contributed by atoms with Gasteiger partial charge in [-0.1, -0.05) is 12.1 Å². The van der Waals surface area contributed by atoms with Crippen molar-refractivity contribution in [3.63, 3.8) is 0 Å². The van der Waals surface area contributed by atoms with Crippen LogP contribution in [-0.2, 0) is 4.74 Å². The number of piperidine rings is 1. The van der Waals surface area contributed by atoms with Gasteiger partial charge >= 0.3 is 5.97 Å². The molecule has 30 heavy (non-hydrogen) atoms. The van der Waals surface area contributed by atoms with Crippen molar-refractivity contribution in [3.8, 4) is 0 Å². The van der Waals surface area contributed by atoms with Crippen molar-refractivity contribution in [2.45, 2.75) is 39.5 Å². The second-order valence-corrected chi connectivity index (χ2v) is 9.07. The van der Waals surface area contributed by atoms with Crippen LogP contribution in [0.1, 0.15) is 62.8 Å². The van der Waals surface area contributed by atoms with Gasteiger partial charge in [0.1, 0.15) is 11.6 Å². The van der Waals surface area contributed by atoms with E-state index < -0.39 is 5.97 Å². The van der Waals surface area contributed by atoms with E-state index >= 15 is 0 Å². The number of quaternary nitrogens is 1. The number of fused-ring (bicyclic) bond motifs is 1. The zero-order valence-electron chi connectivity index (χ0n) is 17.7. The lowest BCUT2D eigenvalue weighted by Crippen LogP contribution is -3.14. The van der Waals surface area contributed by atoms with E-state index in [9.17, 15) is 9.59 Å². The number of aromatic nitrogens is 2. The lowest BCUT2D eigenvalue weighted by Gasteiger charge is -2.28. The molecule has 6 nitrogen and oxygen atoms in total. The van der Waals surface area contributed by atoms with Gasteiger partial charge in [0.25, 0.3) is 0 Å². The molecule has 1 unspecified atom stereocenters. The topological polar surface area (TPSA) is 76.5 Å². The Morgan fingerprint density at radius 1 is 1.23 bits per heavy atom. The number of carbonyl (C=O) groups is 2. The fourth-order valence-electron chi connectivity index (χ4n) is 4.49. The molecule has 0 bridgehead atoms. The van der Waals surface area contributed by atoms with Gasteiger partial charge in [-0.25, -0.2) is 9.78 Å². The van der Waals surface area contributed by atoms with Gasteiger partial charge in [-0.2, -0.15) is 0 Å². The summed E-state index contributed by atoms with van der Waals surface area (Å²) in [5.74, 6) is -0.0546. The van der Waals surface area contributed by atoms with Crippen LogP contribution >= 0.6 is 11.3 Å². The number of ether oxygens (including phenoxy) is 1. The lowest BCUT2D eigenvalue weighted by molar-refractivity contribution is -0.897. The predicted molar refractivity (Wildman–Crippen MR) is 118 cm³/mol. The molecule has 0 amide bonds. The minimum Gasteiger partial charge on any atom is -0.462 e. The summed E-state index contributed by atoms with van der Waals surface area (Å²) < 4.78 is 6.40. The van der Waals surface area contributed by atoms with E-state index in [1.165, 1.54) is 14.6 Å². The number of aryl methyl sites for hydroxylation is 2. The van der Waals surface area contributed by atoms with E-state index in [0.29, 0.717) is 29.3 Å².